The molecule has 0 aliphatic heterocycles. The van der Waals surface area contributed by atoms with Crippen LogP contribution in [0.15, 0.2) is 0 Å². The van der Waals surface area contributed by atoms with Gasteiger partial charge in [0.25, 0.3) is 0 Å². The van der Waals surface area contributed by atoms with Gasteiger partial charge >= 0.3 is 0 Å². The Morgan fingerprint density at radius 2 is 1.60 bits per heavy atom. The van der Waals surface area contributed by atoms with E-state index in [0.717, 1.165) is 32.7 Å². The number of likely N-dealkylation sites (N-methyl/N-ethyl adjacent to an activating group) is 1. The van der Waals surface area contributed by atoms with E-state index in [1.165, 1.54) is 0 Å². The fraction of sp³-hybridized carbons (Fsp3) is 0.938. The van der Waals surface area contributed by atoms with Crippen LogP contribution < -0.4 is 5.73 Å². The second-order valence-electron chi connectivity index (χ2n) is 7.05. The molecular weight excluding hydrogens is 250 g/mol. The Balaban J connectivity index is 4.75. The van der Waals surface area contributed by atoms with Crippen molar-refractivity contribution in [1.29, 1.82) is 0 Å². The van der Waals surface area contributed by atoms with Gasteiger partial charge in [0, 0.05) is 19.6 Å². The zero-order valence-corrected chi connectivity index (χ0v) is 14.6. The van der Waals surface area contributed by atoms with E-state index in [0.29, 0.717) is 5.92 Å². The maximum atomic E-state index is 12.6. The summed E-state index contributed by atoms with van der Waals surface area (Å²) in [4.78, 5) is 16.9. The Morgan fingerprint density at radius 3 is 1.95 bits per heavy atom. The molecule has 120 valence electrons. The maximum Gasteiger partial charge on any atom is 0.240 e. The molecule has 0 aromatic rings. The van der Waals surface area contributed by atoms with Crippen molar-refractivity contribution in [3.63, 3.8) is 0 Å². The molecule has 0 rings (SSSR count). The van der Waals surface area contributed by atoms with Gasteiger partial charge in [-0.25, -0.2) is 0 Å². The van der Waals surface area contributed by atoms with Crippen LogP contribution in [-0.4, -0.2) is 54.5 Å². The Hall–Kier alpha value is -0.610. The fourth-order valence-electron chi connectivity index (χ4n) is 2.10. The lowest BCUT2D eigenvalue weighted by Gasteiger charge is -2.34. The second-order valence-corrected chi connectivity index (χ2v) is 7.05. The number of amides is 1. The van der Waals surface area contributed by atoms with E-state index in [4.69, 9.17) is 5.73 Å². The highest BCUT2D eigenvalue weighted by atomic mass is 16.2. The molecule has 0 heterocycles. The third-order valence-corrected chi connectivity index (χ3v) is 3.68. The van der Waals surface area contributed by atoms with Crippen molar-refractivity contribution in [2.45, 2.75) is 54.5 Å². The van der Waals surface area contributed by atoms with Crippen LogP contribution in [0.25, 0.3) is 0 Å². The molecule has 0 bridgehead atoms. The van der Waals surface area contributed by atoms with E-state index < -0.39 is 6.04 Å². The minimum atomic E-state index is -0.432. The summed E-state index contributed by atoms with van der Waals surface area (Å²) in [5, 5.41) is 0. The summed E-state index contributed by atoms with van der Waals surface area (Å²) >= 11 is 0. The molecule has 0 radical (unpaired) electrons. The minimum Gasteiger partial charge on any atom is -0.340 e. The van der Waals surface area contributed by atoms with Gasteiger partial charge in [-0.1, -0.05) is 48.5 Å². The average molecular weight is 285 g/mol. The first kappa shape index (κ1) is 19.4. The summed E-state index contributed by atoms with van der Waals surface area (Å²) in [5.74, 6) is 0.543. The topological polar surface area (TPSA) is 49.6 Å². The average Bonchev–Trinajstić information content (AvgIpc) is 2.35. The fourth-order valence-corrected chi connectivity index (χ4v) is 2.10. The van der Waals surface area contributed by atoms with Crippen LogP contribution in [0.2, 0.25) is 0 Å². The van der Waals surface area contributed by atoms with Crippen LogP contribution in [0.3, 0.4) is 0 Å². The summed E-state index contributed by atoms with van der Waals surface area (Å²) in [6, 6.07) is -0.432. The summed E-state index contributed by atoms with van der Waals surface area (Å²) in [5.41, 5.74) is 5.94. The highest BCUT2D eigenvalue weighted by molar-refractivity contribution is 5.82. The highest BCUT2D eigenvalue weighted by Gasteiger charge is 2.31. The molecule has 0 spiro atoms. The summed E-state index contributed by atoms with van der Waals surface area (Å²) < 4.78 is 0. The molecule has 0 saturated carbocycles. The van der Waals surface area contributed by atoms with Gasteiger partial charge in [-0.05, 0) is 24.4 Å². The van der Waals surface area contributed by atoms with Crippen molar-refractivity contribution < 1.29 is 4.79 Å². The smallest absolute Gasteiger partial charge is 0.240 e. The molecule has 0 aromatic carbocycles. The molecular formula is C16H35N3O. The molecule has 0 saturated heterocycles. The van der Waals surface area contributed by atoms with Crippen LogP contribution in [0.1, 0.15) is 48.5 Å². The predicted molar refractivity (Wildman–Crippen MR) is 86.6 cm³/mol. The lowest BCUT2D eigenvalue weighted by molar-refractivity contribution is -0.135. The monoisotopic (exact) mass is 285 g/mol. The first-order valence-electron chi connectivity index (χ1n) is 7.90. The van der Waals surface area contributed by atoms with Gasteiger partial charge in [-0.2, -0.15) is 0 Å². The zero-order chi connectivity index (χ0) is 15.9. The Bertz CT molecular complexity index is 280. The number of rotatable bonds is 8. The molecule has 4 heteroatoms. The molecule has 0 aliphatic carbocycles. The summed E-state index contributed by atoms with van der Waals surface area (Å²) in [6.07, 6.45) is 0. The summed E-state index contributed by atoms with van der Waals surface area (Å²) in [6.45, 7) is 19.2. The van der Waals surface area contributed by atoms with Crippen LogP contribution in [0, 0.1) is 11.3 Å². The van der Waals surface area contributed by atoms with Crippen molar-refractivity contribution in [3.05, 3.63) is 0 Å². The normalized spacial score (nSPS) is 13.9. The van der Waals surface area contributed by atoms with Crippen molar-refractivity contribution >= 4 is 5.91 Å². The van der Waals surface area contributed by atoms with Gasteiger partial charge < -0.3 is 15.5 Å². The number of hydrogen-bond acceptors (Lipinski definition) is 3. The van der Waals surface area contributed by atoms with Crippen LogP contribution >= 0.6 is 0 Å². The zero-order valence-electron chi connectivity index (χ0n) is 14.6. The van der Waals surface area contributed by atoms with E-state index in [9.17, 15) is 4.79 Å². The molecule has 0 aromatic heterocycles. The van der Waals surface area contributed by atoms with E-state index in [1.54, 1.807) is 0 Å². The maximum absolute atomic E-state index is 12.6. The first-order chi connectivity index (χ1) is 9.13. The van der Waals surface area contributed by atoms with Crippen molar-refractivity contribution in [1.82, 2.24) is 9.80 Å². The molecule has 0 fully saturated rings. The van der Waals surface area contributed by atoms with E-state index in [1.807, 2.05) is 25.7 Å². The van der Waals surface area contributed by atoms with Gasteiger partial charge in [0.15, 0.2) is 0 Å². The molecule has 1 amide bonds. The lowest BCUT2D eigenvalue weighted by atomic mass is 9.86. The second kappa shape index (κ2) is 8.63. The standard InChI is InChI=1S/C16H35N3O/c1-8-18(9-2)10-11-19(12-13(3)4)15(20)14(17)16(5,6)7/h13-14H,8-12,17H2,1-7H3/t14-/m0/s1. The number of carbonyl (C=O) groups is 1. The SMILES string of the molecule is CCN(CC)CCN(CC(C)C)C(=O)[C@H](N)C(C)(C)C. The van der Waals surface area contributed by atoms with E-state index in [-0.39, 0.29) is 11.3 Å². The third-order valence-electron chi connectivity index (χ3n) is 3.68. The number of nitrogens with zero attached hydrogens (tertiary/aromatic N) is 2. The van der Waals surface area contributed by atoms with Gasteiger partial charge in [-0.3, -0.25) is 4.79 Å². The van der Waals surface area contributed by atoms with E-state index in [2.05, 4.69) is 32.6 Å². The van der Waals surface area contributed by atoms with Crippen LogP contribution in [0.4, 0.5) is 0 Å². The van der Waals surface area contributed by atoms with Crippen molar-refractivity contribution in [3.8, 4) is 0 Å². The van der Waals surface area contributed by atoms with E-state index >= 15 is 0 Å². The minimum absolute atomic E-state index is 0.0818. The molecule has 4 nitrogen and oxygen atoms in total. The largest absolute Gasteiger partial charge is 0.340 e. The Labute approximate surface area is 125 Å². The molecule has 0 aliphatic rings. The highest BCUT2D eigenvalue weighted by Crippen LogP contribution is 2.19. The number of hydrogen-bond donors (Lipinski definition) is 1. The summed E-state index contributed by atoms with van der Waals surface area (Å²) in [7, 11) is 0. The number of nitrogens with two attached hydrogens (primary N) is 1. The van der Waals surface area contributed by atoms with Crippen molar-refractivity contribution in [2.24, 2.45) is 17.1 Å². The van der Waals surface area contributed by atoms with Crippen molar-refractivity contribution in [2.75, 3.05) is 32.7 Å². The van der Waals surface area contributed by atoms with Gasteiger partial charge in [0.1, 0.15) is 0 Å². The molecule has 20 heavy (non-hydrogen) atoms. The van der Waals surface area contributed by atoms with Crippen LogP contribution in [-0.2, 0) is 4.79 Å². The Kier molecular flexibility index (Phi) is 8.36. The van der Waals surface area contributed by atoms with Crippen LogP contribution in [0.5, 0.6) is 0 Å². The first-order valence-corrected chi connectivity index (χ1v) is 7.90. The van der Waals surface area contributed by atoms with Gasteiger partial charge in [0.2, 0.25) is 5.91 Å². The molecule has 1 atom stereocenters. The number of carbonyl (C=O) groups excluding carboxylic acids is 1. The molecule has 2 N–H and O–H groups in total. The Morgan fingerprint density at radius 1 is 1.10 bits per heavy atom. The lowest BCUT2D eigenvalue weighted by Crippen LogP contribution is -2.52. The third kappa shape index (κ3) is 6.71. The molecule has 0 unspecified atom stereocenters. The predicted octanol–water partition coefficient (Wildman–Crippen LogP) is 2.19. The van der Waals surface area contributed by atoms with Gasteiger partial charge in [-0.15, -0.1) is 0 Å². The quantitative estimate of drug-likeness (QED) is 0.744. The van der Waals surface area contributed by atoms with Gasteiger partial charge in [0.05, 0.1) is 6.04 Å².